The lowest BCUT2D eigenvalue weighted by molar-refractivity contribution is -0.218. The van der Waals surface area contributed by atoms with Crippen LogP contribution in [-0.4, -0.2) is 18.0 Å². The molecule has 0 N–H and O–H groups in total. The van der Waals surface area contributed by atoms with Gasteiger partial charge in [-0.05, 0) is 25.3 Å². The Labute approximate surface area is 85.3 Å². The fourth-order valence-corrected chi connectivity index (χ4v) is 2.96. The van der Waals surface area contributed by atoms with Gasteiger partial charge in [-0.25, -0.2) is 0 Å². The standard InChI is InChI=1S/C12H18O2/c1-2-5-11(6-3-1)8-9-12(14-11)7-4-10-13-12/h8-9H,1-7,10H2/t12-/m1/s1. The highest BCUT2D eigenvalue weighted by molar-refractivity contribution is 5.16. The molecule has 1 saturated heterocycles. The molecule has 0 aromatic carbocycles. The van der Waals surface area contributed by atoms with E-state index in [1.54, 1.807) is 0 Å². The van der Waals surface area contributed by atoms with Gasteiger partial charge in [0.25, 0.3) is 0 Å². The molecule has 2 aliphatic heterocycles. The van der Waals surface area contributed by atoms with E-state index >= 15 is 0 Å². The summed E-state index contributed by atoms with van der Waals surface area (Å²) in [4.78, 5) is 0. The number of ether oxygens (including phenoxy) is 2. The maximum Gasteiger partial charge on any atom is 0.188 e. The summed E-state index contributed by atoms with van der Waals surface area (Å²) < 4.78 is 11.9. The van der Waals surface area contributed by atoms with Crippen molar-refractivity contribution < 1.29 is 9.47 Å². The van der Waals surface area contributed by atoms with E-state index in [0.717, 1.165) is 19.4 Å². The molecule has 1 atom stereocenters. The summed E-state index contributed by atoms with van der Waals surface area (Å²) in [6.07, 6.45) is 13.0. The summed E-state index contributed by atoms with van der Waals surface area (Å²) in [5.74, 6) is -0.322. The SMILES string of the molecule is C1=C[C@@]2(CCCO2)OC12CCCCC2. The van der Waals surface area contributed by atoms with Gasteiger partial charge >= 0.3 is 0 Å². The third-order valence-electron chi connectivity index (χ3n) is 3.73. The van der Waals surface area contributed by atoms with Gasteiger partial charge in [-0.1, -0.05) is 25.3 Å². The maximum atomic E-state index is 6.20. The first-order valence-electron chi connectivity index (χ1n) is 5.87. The zero-order chi connectivity index (χ0) is 9.49. The molecule has 1 aliphatic carbocycles. The van der Waals surface area contributed by atoms with Crippen molar-refractivity contribution in [1.29, 1.82) is 0 Å². The van der Waals surface area contributed by atoms with Gasteiger partial charge in [0.05, 0.1) is 12.2 Å². The number of hydrogen-bond acceptors (Lipinski definition) is 2. The van der Waals surface area contributed by atoms with Gasteiger partial charge in [0.2, 0.25) is 0 Å². The molecule has 14 heavy (non-hydrogen) atoms. The molecule has 2 nitrogen and oxygen atoms in total. The average Bonchev–Trinajstić information content (AvgIpc) is 2.78. The Morgan fingerprint density at radius 2 is 1.71 bits per heavy atom. The van der Waals surface area contributed by atoms with E-state index in [2.05, 4.69) is 12.2 Å². The van der Waals surface area contributed by atoms with Crippen molar-refractivity contribution in [3.05, 3.63) is 12.2 Å². The molecule has 2 heteroatoms. The minimum atomic E-state index is -0.322. The summed E-state index contributed by atoms with van der Waals surface area (Å²) in [6, 6.07) is 0. The van der Waals surface area contributed by atoms with Crippen LogP contribution in [0.15, 0.2) is 12.2 Å². The minimum Gasteiger partial charge on any atom is -0.346 e. The Balaban J connectivity index is 1.77. The maximum absolute atomic E-state index is 6.20. The quantitative estimate of drug-likeness (QED) is 0.552. The normalized spacial score (nSPS) is 40.0. The Bertz CT molecular complexity index is 245. The van der Waals surface area contributed by atoms with E-state index in [9.17, 15) is 0 Å². The Kier molecular flexibility index (Phi) is 1.96. The topological polar surface area (TPSA) is 18.5 Å². The van der Waals surface area contributed by atoms with Crippen LogP contribution in [0.2, 0.25) is 0 Å². The third kappa shape index (κ3) is 1.32. The molecule has 1 saturated carbocycles. The van der Waals surface area contributed by atoms with Crippen LogP contribution in [0.4, 0.5) is 0 Å². The van der Waals surface area contributed by atoms with Crippen LogP contribution in [0.1, 0.15) is 44.9 Å². The van der Waals surface area contributed by atoms with E-state index in [0.29, 0.717) is 0 Å². The lowest BCUT2D eigenvalue weighted by atomic mass is 9.85. The van der Waals surface area contributed by atoms with Crippen LogP contribution in [0.25, 0.3) is 0 Å². The summed E-state index contributed by atoms with van der Waals surface area (Å²) >= 11 is 0. The zero-order valence-corrected chi connectivity index (χ0v) is 8.63. The molecule has 2 heterocycles. The van der Waals surface area contributed by atoms with E-state index in [4.69, 9.17) is 9.47 Å². The molecular weight excluding hydrogens is 176 g/mol. The van der Waals surface area contributed by atoms with Crippen LogP contribution in [0.5, 0.6) is 0 Å². The highest BCUT2D eigenvalue weighted by atomic mass is 16.7. The molecule has 0 radical (unpaired) electrons. The van der Waals surface area contributed by atoms with Crippen LogP contribution in [0, 0.1) is 0 Å². The molecule has 0 aromatic heterocycles. The second-order valence-corrected chi connectivity index (χ2v) is 4.82. The molecule has 2 fully saturated rings. The van der Waals surface area contributed by atoms with Crippen molar-refractivity contribution in [2.45, 2.75) is 56.3 Å². The predicted octanol–water partition coefficient (Wildman–Crippen LogP) is 2.78. The van der Waals surface area contributed by atoms with Crippen molar-refractivity contribution in [2.75, 3.05) is 6.61 Å². The molecule has 3 aliphatic rings. The highest BCUT2D eigenvalue weighted by Gasteiger charge is 2.47. The molecule has 2 spiro atoms. The Hall–Kier alpha value is -0.340. The summed E-state index contributed by atoms with van der Waals surface area (Å²) in [5.41, 5.74) is 0.0442. The van der Waals surface area contributed by atoms with Crippen molar-refractivity contribution in [3.8, 4) is 0 Å². The van der Waals surface area contributed by atoms with E-state index in [-0.39, 0.29) is 11.4 Å². The molecule has 3 rings (SSSR count). The number of hydrogen-bond donors (Lipinski definition) is 0. The van der Waals surface area contributed by atoms with E-state index in [1.807, 2.05) is 0 Å². The summed E-state index contributed by atoms with van der Waals surface area (Å²) in [6.45, 7) is 0.862. The van der Waals surface area contributed by atoms with Crippen LogP contribution >= 0.6 is 0 Å². The second-order valence-electron chi connectivity index (χ2n) is 4.82. The van der Waals surface area contributed by atoms with Gasteiger partial charge in [0, 0.05) is 6.42 Å². The lowest BCUT2D eigenvalue weighted by Gasteiger charge is -2.35. The van der Waals surface area contributed by atoms with Gasteiger partial charge in [0.15, 0.2) is 5.79 Å². The first kappa shape index (κ1) is 8.93. The van der Waals surface area contributed by atoms with Crippen LogP contribution in [0.3, 0.4) is 0 Å². The van der Waals surface area contributed by atoms with Gasteiger partial charge in [0.1, 0.15) is 0 Å². The van der Waals surface area contributed by atoms with Gasteiger partial charge in [-0.2, -0.15) is 0 Å². The largest absolute Gasteiger partial charge is 0.346 e. The molecule has 0 unspecified atom stereocenters. The van der Waals surface area contributed by atoms with Crippen molar-refractivity contribution in [2.24, 2.45) is 0 Å². The van der Waals surface area contributed by atoms with E-state index in [1.165, 1.54) is 32.1 Å². The third-order valence-corrected chi connectivity index (χ3v) is 3.73. The average molecular weight is 194 g/mol. The van der Waals surface area contributed by atoms with Gasteiger partial charge in [-0.3, -0.25) is 0 Å². The van der Waals surface area contributed by atoms with Gasteiger partial charge < -0.3 is 9.47 Å². The van der Waals surface area contributed by atoms with Gasteiger partial charge in [-0.15, -0.1) is 0 Å². The fraction of sp³-hybridized carbons (Fsp3) is 0.833. The Morgan fingerprint density at radius 3 is 2.43 bits per heavy atom. The Morgan fingerprint density at radius 1 is 0.857 bits per heavy atom. The monoisotopic (exact) mass is 194 g/mol. The molecule has 0 amide bonds. The molecule has 0 bridgehead atoms. The molecule has 0 aromatic rings. The fourth-order valence-electron chi connectivity index (χ4n) is 2.96. The smallest absolute Gasteiger partial charge is 0.188 e. The summed E-state index contributed by atoms with van der Waals surface area (Å²) in [7, 11) is 0. The zero-order valence-electron chi connectivity index (χ0n) is 8.63. The van der Waals surface area contributed by atoms with Crippen molar-refractivity contribution in [3.63, 3.8) is 0 Å². The van der Waals surface area contributed by atoms with Crippen LogP contribution in [-0.2, 0) is 9.47 Å². The summed E-state index contributed by atoms with van der Waals surface area (Å²) in [5, 5.41) is 0. The van der Waals surface area contributed by atoms with E-state index < -0.39 is 0 Å². The second kappa shape index (κ2) is 3.07. The highest BCUT2D eigenvalue weighted by Crippen LogP contribution is 2.45. The van der Waals surface area contributed by atoms with Crippen LogP contribution < -0.4 is 0 Å². The molecule has 78 valence electrons. The lowest BCUT2D eigenvalue weighted by Crippen LogP contribution is -2.37. The first-order chi connectivity index (χ1) is 6.83. The predicted molar refractivity (Wildman–Crippen MR) is 54.0 cm³/mol. The molecular formula is C12H18O2. The van der Waals surface area contributed by atoms with Crippen molar-refractivity contribution in [1.82, 2.24) is 0 Å². The minimum absolute atomic E-state index is 0.0442. The number of rotatable bonds is 0. The van der Waals surface area contributed by atoms with Crippen molar-refractivity contribution >= 4 is 0 Å². The first-order valence-corrected chi connectivity index (χ1v) is 5.87.